The standard InChI is InChI=1S/C26H40N2O6/c1-20(23(14-15-24(27)30)28-25(31)34-26(2,3)4)33-19-22-12-10-21(11-13-22)9-8-18-32-17-7-5-6-16-29/h10-13,20,23,29H,5-7,14-19H2,1-4H3,(H2,27,30)(H,28,31)/t20-,23+/m1/s1. The molecule has 0 saturated carbocycles. The van der Waals surface area contributed by atoms with Crippen molar-refractivity contribution in [1.29, 1.82) is 0 Å². The van der Waals surface area contributed by atoms with Gasteiger partial charge in [-0.2, -0.15) is 0 Å². The summed E-state index contributed by atoms with van der Waals surface area (Å²) < 4.78 is 16.7. The topological polar surface area (TPSA) is 120 Å². The Kier molecular flexibility index (Phi) is 13.9. The molecule has 0 aliphatic rings. The van der Waals surface area contributed by atoms with E-state index >= 15 is 0 Å². The molecule has 1 rings (SSSR count). The minimum atomic E-state index is -0.626. The molecule has 1 aromatic carbocycles. The van der Waals surface area contributed by atoms with Crippen LogP contribution in [0.25, 0.3) is 0 Å². The lowest BCUT2D eigenvalue weighted by molar-refractivity contribution is -0.118. The van der Waals surface area contributed by atoms with E-state index in [1.165, 1.54) is 0 Å². The van der Waals surface area contributed by atoms with Crippen LogP contribution in [-0.4, -0.2) is 54.7 Å². The van der Waals surface area contributed by atoms with E-state index in [9.17, 15) is 9.59 Å². The summed E-state index contributed by atoms with van der Waals surface area (Å²) in [6.07, 6.45) is 2.25. The highest BCUT2D eigenvalue weighted by Gasteiger charge is 2.24. The van der Waals surface area contributed by atoms with Crippen molar-refractivity contribution in [2.24, 2.45) is 5.73 Å². The lowest BCUT2D eigenvalue weighted by Crippen LogP contribution is -2.45. The van der Waals surface area contributed by atoms with E-state index in [-0.39, 0.29) is 19.1 Å². The molecule has 0 heterocycles. The number of alkyl carbamates (subject to hydrolysis) is 1. The molecular formula is C26H40N2O6. The molecule has 8 nitrogen and oxygen atoms in total. The van der Waals surface area contributed by atoms with Crippen LogP contribution in [0.2, 0.25) is 0 Å². The van der Waals surface area contributed by atoms with Gasteiger partial charge in [-0.05, 0) is 71.1 Å². The lowest BCUT2D eigenvalue weighted by atomic mass is 10.1. The number of hydrogen-bond acceptors (Lipinski definition) is 6. The molecule has 8 heteroatoms. The van der Waals surface area contributed by atoms with Crippen molar-refractivity contribution in [2.75, 3.05) is 19.8 Å². The minimum absolute atomic E-state index is 0.133. The third-order valence-corrected chi connectivity index (χ3v) is 4.79. The zero-order valence-electron chi connectivity index (χ0n) is 20.9. The van der Waals surface area contributed by atoms with Gasteiger partial charge in [0.15, 0.2) is 0 Å². The van der Waals surface area contributed by atoms with Gasteiger partial charge >= 0.3 is 6.09 Å². The van der Waals surface area contributed by atoms with Crippen LogP contribution in [0.4, 0.5) is 4.79 Å². The predicted octanol–water partition coefficient (Wildman–Crippen LogP) is 3.28. The molecule has 190 valence electrons. The number of nitrogens with one attached hydrogen (secondary N) is 1. The summed E-state index contributed by atoms with van der Waals surface area (Å²) >= 11 is 0. The first-order chi connectivity index (χ1) is 16.1. The molecule has 34 heavy (non-hydrogen) atoms. The van der Waals surface area contributed by atoms with Gasteiger partial charge < -0.3 is 30.4 Å². The fourth-order valence-corrected chi connectivity index (χ4v) is 2.96. The molecule has 0 bridgehead atoms. The van der Waals surface area contributed by atoms with E-state index in [4.69, 9.17) is 25.1 Å². The van der Waals surface area contributed by atoms with E-state index in [0.29, 0.717) is 26.2 Å². The largest absolute Gasteiger partial charge is 0.444 e. The first kappa shape index (κ1) is 29.4. The quantitative estimate of drug-likeness (QED) is 0.280. The second kappa shape index (κ2) is 16.1. The molecule has 0 aromatic heterocycles. The highest BCUT2D eigenvalue weighted by Crippen LogP contribution is 2.13. The third kappa shape index (κ3) is 14.5. The minimum Gasteiger partial charge on any atom is -0.444 e. The highest BCUT2D eigenvalue weighted by atomic mass is 16.6. The number of carbonyl (C=O) groups is 2. The van der Waals surface area contributed by atoms with Crippen LogP contribution >= 0.6 is 0 Å². The van der Waals surface area contributed by atoms with Gasteiger partial charge in [0.05, 0.1) is 18.8 Å². The van der Waals surface area contributed by atoms with Gasteiger partial charge in [0.25, 0.3) is 0 Å². The fourth-order valence-electron chi connectivity index (χ4n) is 2.96. The summed E-state index contributed by atoms with van der Waals surface area (Å²) in [5.41, 5.74) is 6.49. The third-order valence-electron chi connectivity index (χ3n) is 4.79. The SMILES string of the molecule is C[C@@H](OCc1ccc(C#CCOCCCCCO)cc1)[C@H](CCC(N)=O)NC(=O)OC(C)(C)C. The van der Waals surface area contributed by atoms with E-state index in [1.54, 1.807) is 20.8 Å². The smallest absolute Gasteiger partial charge is 0.407 e. The number of aliphatic hydroxyl groups is 1. The number of rotatable bonds is 14. The summed E-state index contributed by atoms with van der Waals surface area (Å²) in [6, 6.07) is 7.29. The van der Waals surface area contributed by atoms with Gasteiger partial charge in [0.1, 0.15) is 12.2 Å². The summed E-state index contributed by atoms with van der Waals surface area (Å²) in [7, 11) is 0. The van der Waals surface area contributed by atoms with Crippen molar-refractivity contribution in [1.82, 2.24) is 5.32 Å². The van der Waals surface area contributed by atoms with Crippen LogP contribution in [0.1, 0.15) is 70.9 Å². The van der Waals surface area contributed by atoms with Gasteiger partial charge in [0, 0.05) is 25.2 Å². The molecule has 0 saturated heterocycles. The van der Waals surface area contributed by atoms with Crippen molar-refractivity contribution in [2.45, 2.75) is 84.2 Å². The molecule has 1 aromatic rings. The number of primary amides is 1. The number of unbranched alkanes of at least 4 members (excludes halogenated alkanes) is 2. The number of nitrogens with two attached hydrogens (primary N) is 1. The maximum absolute atomic E-state index is 12.2. The van der Waals surface area contributed by atoms with Crippen molar-refractivity contribution in [3.63, 3.8) is 0 Å². The molecule has 0 aliphatic carbocycles. The number of amides is 2. The number of carbonyl (C=O) groups excluding carboxylic acids is 2. The Morgan fingerprint density at radius 3 is 2.47 bits per heavy atom. The van der Waals surface area contributed by atoms with Crippen LogP contribution < -0.4 is 11.1 Å². The van der Waals surface area contributed by atoms with Gasteiger partial charge in [-0.15, -0.1) is 0 Å². The Labute approximate surface area is 203 Å². The summed E-state index contributed by atoms with van der Waals surface area (Å²) in [5, 5.41) is 11.5. The Morgan fingerprint density at radius 2 is 1.85 bits per heavy atom. The van der Waals surface area contributed by atoms with Crippen LogP contribution in [0.3, 0.4) is 0 Å². The zero-order chi connectivity index (χ0) is 25.4. The zero-order valence-corrected chi connectivity index (χ0v) is 20.9. The molecule has 0 radical (unpaired) electrons. The Hall–Kier alpha value is -2.60. The van der Waals surface area contributed by atoms with Crippen molar-refractivity contribution in [3.8, 4) is 11.8 Å². The number of benzene rings is 1. The lowest BCUT2D eigenvalue weighted by Gasteiger charge is -2.27. The van der Waals surface area contributed by atoms with Crippen molar-refractivity contribution >= 4 is 12.0 Å². The van der Waals surface area contributed by atoms with Gasteiger partial charge in [-0.3, -0.25) is 4.79 Å². The monoisotopic (exact) mass is 476 g/mol. The maximum Gasteiger partial charge on any atom is 0.407 e. The second-order valence-corrected chi connectivity index (χ2v) is 9.11. The molecule has 0 fully saturated rings. The maximum atomic E-state index is 12.2. The van der Waals surface area contributed by atoms with Crippen LogP contribution in [0.5, 0.6) is 0 Å². The van der Waals surface area contributed by atoms with Gasteiger partial charge in [-0.1, -0.05) is 24.0 Å². The van der Waals surface area contributed by atoms with E-state index in [0.717, 1.165) is 30.4 Å². The first-order valence-corrected chi connectivity index (χ1v) is 11.8. The van der Waals surface area contributed by atoms with Crippen molar-refractivity contribution < 1.29 is 28.9 Å². The van der Waals surface area contributed by atoms with Crippen LogP contribution in [0, 0.1) is 11.8 Å². The summed E-state index contributed by atoms with van der Waals surface area (Å²) in [5.74, 6) is 5.62. The Morgan fingerprint density at radius 1 is 1.15 bits per heavy atom. The van der Waals surface area contributed by atoms with E-state index < -0.39 is 23.6 Å². The normalized spacial score (nSPS) is 12.9. The number of aliphatic hydroxyl groups excluding tert-OH is 1. The van der Waals surface area contributed by atoms with E-state index in [1.807, 2.05) is 31.2 Å². The number of ether oxygens (including phenoxy) is 3. The summed E-state index contributed by atoms with van der Waals surface area (Å²) in [6.45, 7) is 8.78. The average Bonchev–Trinajstić information content (AvgIpc) is 2.76. The molecule has 0 spiro atoms. The molecule has 4 N–H and O–H groups in total. The molecule has 0 unspecified atom stereocenters. The Balaban J connectivity index is 2.52. The molecule has 2 atom stereocenters. The second-order valence-electron chi connectivity index (χ2n) is 9.11. The van der Waals surface area contributed by atoms with Crippen LogP contribution in [0.15, 0.2) is 24.3 Å². The van der Waals surface area contributed by atoms with Crippen molar-refractivity contribution in [3.05, 3.63) is 35.4 Å². The number of hydrogen-bond donors (Lipinski definition) is 3. The molecular weight excluding hydrogens is 436 g/mol. The van der Waals surface area contributed by atoms with Gasteiger partial charge in [-0.25, -0.2) is 4.79 Å². The molecule has 2 amide bonds. The first-order valence-electron chi connectivity index (χ1n) is 11.8. The highest BCUT2D eigenvalue weighted by molar-refractivity contribution is 5.74. The average molecular weight is 477 g/mol. The van der Waals surface area contributed by atoms with Crippen LogP contribution in [-0.2, 0) is 25.6 Å². The Bertz CT molecular complexity index is 792. The molecule has 0 aliphatic heterocycles. The van der Waals surface area contributed by atoms with Gasteiger partial charge in [0.2, 0.25) is 5.91 Å². The summed E-state index contributed by atoms with van der Waals surface area (Å²) in [4.78, 5) is 23.4. The van der Waals surface area contributed by atoms with E-state index in [2.05, 4.69) is 17.2 Å². The predicted molar refractivity (Wildman–Crippen MR) is 131 cm³/mol. The fraction of sp³-hybridized carbons (Fsp3) is 0.615.